The van der Waals surface area contributed by atoms with Gasteiger partial charge in [-0.05, 0) is 57.5 Å². The molecule has 1 unspecified atom stereocenters. The second kappa shape index (κ2) is 8.53. The van der Waals surface area contributed by atoms with E-state index < -0.39 is 0 Å². The fraction of sp³-hybridized carbons (Fsp3) is 0.269. The Balaban J connectivity index is 2.30. The van der Waals surface area contributed by atoms with Crippen LogP contribution in [-0.2, 0) is 4.74 Å². The molecule has 28 heavy (non-hydrogen) atoms. The monoisotopic (exact) mass is 371 g/mol. The summed E-state index contributed by atoms with van der Waals surface area (Å²) in [6.07, 6.45) is 7.65. The van der Waals surface area contributed by atoms with Crippen molar-refractivity contribution in [2.45, 2.75) is 33.8 Å². The molecule has 0 saturated carbocycles. The van der Waals surface area contributed by atoms with Gasteiger partial charge in [0, 0.05) is 12.4 Å². The maximum atomic E-state index is 6.34. The first-order valence-electron chi connectivity index (χ1n) is 9.74. The SMILES string of the molecule is C=CCOC(/C(=C\c1cccnc1)c1c(C)ccc2ccccc12)C(C)(C)C. The summed E-state index contributed by atoms with van der Waals surface area (Å²) in [6.45, 7) is 13.2. The lowest BCUT2D eigenvalue weighted by atomic mass is 9.79. The van der Waals surface area contributed by atoms with Crippen LogP contribution in [0, 0.1) is 12.3 Å². The Labute approximate surface area is 168 Å². The maximum Gasteiger partial charge on any atom is 0.0883 e. The molecular formula is C26H29NO. The van der Waals surface area contributed by atoms with E-state index in [2.05, 4.69) is 87.8 Å². The maximum absolute atomic E-state index is 6.34. The molecule has 0 aliphatic heterocycles. The summed E-state index contributed by atoms with van der Waals surface area (Å²) in [5, 5.41) is 2.48. The van der Waals surface area contributed by atoms with E-state index in [1.807, 2.05) is 18.3 Å². The fourth-order valence-corrected chi connectivity index (χ4v) is 3.65. The van der Waals surface area contributed by atoms with E-state index in [-0.39, 0.29) is 11.5 Å². The Morgan fingerprint density at radius 1 is 1.11 bits per heavy atom. The number of pyridine rings is 1. The van der Waals surface area contributed by atoms with Crippen LogP contribution in [0.2, 0.25) is 0 Å². The molecular weight excluding hydrogens is 342 g/mol. The summed E-state index contributed by atoms with van der Waals surface area (Å²) in [4.78, 5) is 4.30. The molecule has 2 aromatic carbocycles. The molecule has 0 fully saturated rings. The highest BCUT2D eigenvalue weighted by molar-refractivity contribution is 6.00. The van der Waals surface area contributed by atoms with Gasteiger partial charge in [-0.15, -0.1) is 6.58 Å². The van der Waals surface area contributed by atoms with Crippen molar-refractivity contribution in [2.24, 2.45) is 5.41 Å². The quantitative estimate of drug-likeness (QED) is 0.450. The zero-order chi connectivity index (χ0) is 20.1. The van der Waals surface area contributed by atoms with Crippen LogP contribution in [0.5, 0.6) is 0 Å². The molecule has 0 saturated heterocycles. The first-order chi connectivity index (χ1) is 13.4. The van der Waals surface area contributed by atoms with Crippen LogP contribution in [0.4, 0.5) is 0 Å². The minimum Gasteiger partial charge on any atom is -0.369 e. The van der Waals surface area contributed by atoms with Gasteiger partial charge in [0.2, 0.25) is 0 Å². The van der Waals surface area contributed by atoms with Gasteiger partial charge < -0.3 is 4.74 Å². The molecule has 3 rings (SSSR count). The number of aromatic nitrogens is 1. The number of aryl methyl sites for hydroxylation is 1. The van der Waals surface area contributed by atoms with Crippen molar-refractivity contribution >= 4 is 22.4 Å². The lowest BCUT2D eigenvalue weighted by molar-refractivity contribution is 0.0392. The lowest BCUT2D eigenvalue weighted by Gasteiger charge is -2.34. The van der Waals surface area contributed by atoms with Gasteiger partial charge in [-0.3, -0.25) is 4.98 Å². The summed E-state index contributed by atoms with van der Waals surface area (Å²) in [5.74, 6) is 0. The van der Waals surface area contributed by atoms with Crippen LogP contribution in [0.3, 0.4) is 0 Å². The molecule has 2 heteroatoms. The number of fused-ring (bicyclic) bond motifs is 1. The molecule has 0 amide bonds. The molecule has 3 aromatic rings. The summed E-state index contributed by atoms with van der Waals surface area (Å²) >= 11 is 0. The van der Waals surface area contributed by atoms with Crippen LogP contribution in [0.25, 0.3) is 22.4 Å². The largest absolute Gasteiger partial charge is 0.369 e. The van der Waals surface area contributed by atoms with Gasteiger partial charge in [0.25, 0.3) is 0 Å². The van der Waals surface area contributed by atoms with Crippen molar-refractivity contribution in [3.63, 3.8) is 0 Å². The van der Waals surface area contributed by atoms with Crippen LogP contribution in [0.15, 0.2) is 73.6 Å². The summed E-state index contributed by atoms with van der Waals surface area (Å²) < 4.78 is 6.34. The third kappa shape index (κ3) is 4.40. The smallest absolute Gasteiger partial charge is 0.0883 e. The van der Waals surface area contributed by atoms with Gasteiger partial charge in [-0.1, -0.05) is 69.3 Å². The minimum absolute atomic E-state index is 0.0829. The average molecular weight is 372 g/mol. The number of benzene rings is 2. The number of hydrogen-bond donors (Lipinski definition) is 0. The van der Waals surface area contributed by atoms with Crippen molar-refractivity contribution in [3.05, 3.63) is 90.3 Å². The van der Waals surface area contributed by atoms with E-state index in [0.29, 0.717) is 6.61 Å². The highest BCUT2D eigenvalue weighted by Crippen LogP contribution is 2.39. The van der Waals surface area contributed by atoms with E-state index >= 15 is 0 Å². The number of nitrogens with zero attached hydrogens (tertiary/aromatic N) is 1. The molecule has 0 aliphatic carbocycles. The standard InChI is InChI=1S/C26H29NO/c1-6-16-28-25(26(3,4)5)23(17-20-10-9-15-27-18-20)24-19(2)13-14-21-11-7-8-12-22(21)24/h6-15,17-18,25H,1,16H2,2-5H3/b23-17-. The van der Waals surface area contributed by atoms with Crippen LogP contribution in [0.1, 0.15) is 37.5 Å². The Bertz CT molecular complexity index is 980. The molecule has 0 radical (unpaired) electrons. The third-order valence-electron chi connectivity index (χ3n) is 4.88. The van der Waals surface area contributed by atoms with E-state index in [0.717, 1.165) is 5.56 Å². The Kier molecular flexibility index (Phi) is 6.11. The van der Waals surface area contributed by atoms with Crippen LogP contribution < -0.4 is 0 Å². The number of hydrogen-bond acceptors (Lipinski definition) is 2. The van der Waals surface area contributed by atoms with E-state index in [1.165, 1.54) is 27.5 Å². The predicted octanol–water partition coefficient (Wildman–Crippen LogP) is 6.70. The van der Waals surface area contributed by atoms with Crippen molar-refractivity contribution in [2.75, 3.05) is 6.61 Å². The van der Waals surface area contributed by atoms with Crippen molar-refractivity contribution in [3.8, 4) is 0 Å². The van der Waals surface area contributed by atoms with Gasteiger partial charge in [0.15, 0.2) is 0 Å². The van der Waals surface area contributed by atoms with Crippen LogP contribution in [-0.4, -0.2) is 17.7 Å². The first kappa shape index (κ1) is 20.0. The highest BCUT2D eigenvalue weighted by Gasteiger charge is 2.31. The average Bonchev–Trinajstić information content (AvgIpc) is 2.67. The molecule has 0 N–H and O–H groups in total. The van der Waals surface area contributed by atoms with E-state index in [1.54, 1.807) is 6.20 Å². The summed E-state index contributed by atoms with van der Waals surface area (Å²) in [7, 11) is 0. The molecule has 0 spiro atoms. The zero-order valence-corrected chi connectivity index (χ0v) is 17.3. The fourth-order valence-electron chi connectivity index (χ4n) is 3.65. The molecule has 2 nitrogen and oxygen atoms in total. The first-order valence-corrected chi connectivity index (χ1v) is 9.74. The van der Waals surface area contributed by atoms with Crippen molar-refractivity contribution in [1.29, 1.82) is 0 Å². The highest BCUT2D eigenvalue weighted by atomic mass is 16.5. The topological polar surface area (TPSA) is 22.1 Å². The normalized spacial score (nSPS) is 13.5. The summed E-state index contributed by atoms with van der Waals surface area (Å²) in [5.41, 5.74) is 4.65. The Hall–Kier alpha value is -2.71. The molecule has 0 aliphatic rings. The number of ether oxygens (including phenoxy) is 1. The van der Waals surface area contributed by atoms with Gasteiger partial charge in [0.1, 0.15) is 0 Å². The van der Waals surface area contributed by atoms with Gasteiger partial charge in [-0.2, -0.15) is 0 Å². The lowest BCUT2D eigenvalue weighted by Crippen LogP contribution is -2.31. The Morgan fingerprint density at radius 2 is 1.89 bits per heavy atom. The molecule has 1 aromatic heterocycles. The summed E-state index contributed by atoms with van der Waals surface area (Å²) in [6, 6.07) is 17.0. The van der Waals surface area contributed by atoms with Gasteiger partial charge >= 0.3 is 0 Å². The molecule has 1 atom stereocenters. The molecule has 1 heterocycles. The zero-order valence-electron chi connectivity index (χ0n) is 17.3. The van der Waals surface area contributed by atoms with E-state index in [4.69, 9.17) is 4.74 Å². The van der Waals surface area contributed by atoms with E-state index in [9.17, 15) is 0 Å². The third-order valence-corrected chi connectivity index (χ3v) is 4.88. The van der Waals surface area contributed by atoms with Crippen molar-refractivity contribution in [1.82, 2.24) is 4.98 Å². The van der Waals surface area contributed by atoms with Gasteiger partial charge in [0.05, 0.1) is 12.7 Å². The Morgan fingerprint density at radius 3 is 2.57 bits per heavy atom. The molecule has 0 bridgehead atoms. The predicted molar refractivity (Wildman–Crippen MR) is 120 cm³/mol. The van der Waals surface area contributed by atoms with Crippen LogP contribution >= 0.6 is 0 Å². The second-order valence-electron chi connectivity index (χ2n) is 8.23. The van der Waals surface area contributed by atoms with Crippen molar-refractivity contribution < 1.29 is 4.74 Å². The minimum atomic E-state index is -0.0878. The molecule has 144 valence electrons. The van der Waals surface area contributed by atoms with Gasteiger partial charge in [-0.25, -0.2) is 0 Å². The number of rotatable bonds is 6. The second-order valence-corrected chi connectivity index (χ2v) is 8.23.